The van der Waals surface area contributed by atoms with E-state index < -0.39 is 5.60 Å². The van der Waals surface area contributed by atoms with E-state index in [0.717, 1.165) is 5.56 Å². The predicted octanol–water partition coefficient (Wildman–Crippen LogP) is 2.67. The molecule has 0 radical (unpaired) electrons. The number of likely N-dealkylation sites (tertiary alicyclic amines) is 1. The third-order valence-corrected chi connectivity index (χ3v) is 5.28. The van der Waals surface area contributed by atoms with Gasteiger partial charge in [0.15, 0.2) is 11.2 Å². The predicted molar refractivity (Wildman–Crippen MR) is 118 cm³/mol. The molecule has 0 aliphatic carbocycles. The Balaban J connectivity index is 1.43. The summed E-state index contributed by atoms with van der Waals surface area (Å²) >= 11 is 0. The summed E-state index contributed by atoms with van der Waals surface area (Å²) in [6.45, 7) is 7.34. The Morgan fingerprint density at radius 1 is 1.25 bits per heavy atom. The van der Waals surface area contributed by atoms with Gasteiger partial charge in [0.1, 0.15) is 29.0 Å². The van der Waals surface area contributed by atoms with E-state index in [1.54, 1.807) is 11.0 Å². The monoisotopic (exact) mass is 436 g/mol. The Morgan fingerprint density at radius 3 is 2.78 bits per heavy atom. The topological polar surface area (TPSA) is 151 Å². The Labute approximate surface area is 183 Å². The van der Waals surface area contributed by atoms with Crippen LogP contribution >= 0.6 is 0 Å². The summed E-state index contributed by atoms with van der Waals surface area (Å²) < 4.78 is 12.6. The minimum absolute atomic E-state index is 0.106. The second kappa shape index (κ2) is 7.08. The lowest BCUT2D eigenvalue weighted by Gasteiger charge is -2.39. The number of anilines is 2. The van der Waals surface area contributed by atoms with Crippen molar-refractivity contribution in [1.29, 1.82) is 0 Å². The maximum absolute atomic E-state index is 12.2. The smallest absolute Gasteiger partial charge is 0.410 e. The molecule has 4 N–H and O–H groups in total. The molecule has 11 nitrogen and oxygen atoms in total. The molecular formula is C21H24N8O3. The second-order valence-corrected chi connectivity index (χ2v) is 8.97. The van der Waals surface area contributed by atoms with Crippen LogP contribution in [0.15, 0.2) is 28.9 Å². The van der Waals surface area contributed by atoms with Crippen molar-refractivity contribution in [3.05, 3.63) is 24.5 Å². The first-order valence-electron chi connectivity index (χ1n) is 10.3. The lowest BCUT2D eigenvalue weighted by atomic mass is 10.0. The quantitative estimate of drug-likeness (QED) is 0.494. The Bertz CT molecular complexity index is 1330. The van der Waals surface area contributed by atoms with Crippen molar-refractivity contribution >= 4 is 40.1 Å². The van der Waals surface area contributed by atoms with E-state index in [0.29, 0.717) is 53.3 Å². The highest BCUT2D eigenvalue weighted by Gasteiger charge is 2.34. The van der Waals surface area contributed by atoms with Crippen molar-refractivity contribution in [3.63, 3.8) is 0 Å². The number of nitrogens with two attached hydrogens (primary N) is 2. The maximum Gasteiger partial charge on any atom is 0.410 e. The standard InChI is InChI=1S/C21H24N8O3/c1-21(2,3)32-20(30)28-7-11(8-28)9-29-18-15(17(22)24-10-25-18)16(27-29)12-4-5-14-13(6-12)26-19(23)31-14/h4-6,10-11H,7-9H2,1-3H3,(H2,23,26)(H2,22,24,25). The minimum atomic E-state index is -0.515. The average molecular weight is 436 g/mol. The van der Waals surface area contributed by atoms with Gasteiger partial charge in [0.05, 0.1) is 5.39 Å². The highest BCUT2D eigenvalue weighted by atomic mass is 16.6. The van der Waals surface area contributed by atoms with Gasteiger partial charge in [0.2, 0.25) is 0 Å². The number of rotatable bonds is 3. The van der Waals surface area contributed by atoms with Crippen LogP contribution in [-0.2, 0) is 11.3 Å². The van der Waals surface area contributed by atoms with Crippen LogP contribution in [0.1, 0.15) is 20.8 Å². The Kier molecular flexibility index (Phi) is 4.43. The summed E-state index contributed by atoms with van der Waals surface area (Å²) in [5.74, 6) is 0.576. The van der Waals surface area contributed by atoms with Crippen LogP contribution in [-0.4, -0.2) is 54.4 Å². The van der Waals surface area contributed by atoms with Crippen molar-refractivity contribution in [2.24, 2.45) is 5.92 Å². The number of nitrogens with zero attached hydrogens (tertiary/aromatic N) is 6. The first kappa shape index (κ1) is 20.0. The van der Waals surface area contributed by atoms with Gasteiger partial charge in [0.25, 0.3) is 6.01 Å². The van der Waals surface area contributed by atoms with E-state index in [4.69, 9.17) is 25.7 Å². The first-order chi connectivity index (χ1) is 15.2. The number of fused-ring (bicyclic) bond motifs is 2. The number of amides is 1. The summed E-state index contributed by atoms with van der Waals surface area (Å²) in [6, 6.07) is 5.62. The van der Waals surface area contributed by atoms with Gasteiger partial charge in [-0.3, -0.25) is 0 Å². The number of nitrogen functional groups attached to an aromatic ring is 2. The second-order valence-electron chi connectivity index (χ2n) is 8.97. The number of hydrogen-bond acceptors (Lipinski definition) is 9. The van der Waals surface area contributed by atoms with Crippen LogP contribution in [0.25, 0.3) is 33.4 Å². The van der Waals surface area contributed by atoms with Crippen molar-refractivity contribution < 1.29 is 13.9 Å². The molecule has 1 fully saturated rings. The highest BCUT2D eigenvalue weighted by Crippen LogP contribution is 2.33. The minimum Gasteiger partial charge on any atom is -0.444 e. The van der Waals surface area contributed by atoms with E-state index in [1.807, 2.05) is 37.6 Å². The van der Waals surface area contributed by atoms with Gasteiger partial charge in [0, 0.05) is 31.1 Å². The zero-order valence-corrected chi connectivity index (χ0v) is 18.1. The lowest BCUT2D eigenvalue weighted by Crippen LogP contribution is -2.52. The fourth-order valence-corrected chi connectivity index (χ4v) is 3.86. The molecule has 4 heterocycles. The fourth-order valence-electron chi connectivity index (χ4n) is 3.86. The van der Waals surface area contributed by atoms with Crippen molar-refractivity contribution in [2.75, 3.05) is 24.6 Å². The molecule has 1 aromatic carbocycles. The molecule has 0 spiro atoms. The number of hydrogen-bond donors (Lipinski definition) is 2. The molecule has 0 atom stereocenters. The highest BCUT2D eigenvalue weighted by molar-refractivity contribution is 5.99. The van der Waals surface area contributed by atoms with Crippen molar-refractivity contribution in [1.82, 2.24) is 29.6 Å². The van der Waals surface area contributed by atoms with E-state index in [9.17, 15) is 4.79 Å². The SMILES string of the molecule is CC(C)(C)OC(=O)N1CC(Cn2nc(-c3ccc4oc(N)nc4c3)c3c(N)ncnc32)C1. The van der Waals surface area contributed by atoms with E-state index >= 15 is 0 Å². The third-order valence-electron chi connectivity index (χ3n) is 5.28. The van der Waals surface area contributed by atoms with Crippen molar-refractivity contribution in [3.8, 4) is 11.3 Å². The fraction of sp³-hybridized carbons (Fsp3) is 0.381. The van der Waals surface area contributed by atoms with E-state index in [-0.39, 0.29) is 18.0 Å². The molecule has 5 rings (SSSR count). The summed E-state index contributed by atoms with van der Waals surface area (Å²) in [5, 5.41) is 5.47. The Hall–Kier alpha value is -3.89. The normalized spacial score (nSPS) is 14.8. The number of ether oxygens (including phenoxy) is 1. The summed E-state index contributed by atoms with van der Waals surface area (Å²) in [5.41, 5.74) is 14.7. The van der Waals surface area contributed by atoms with E-state index in [1.165, 1.54) is 6.33 Å². The molecule has 1 aliphatic heterocycles. The van der Waals surface area contributed by atoms with Gasteiger partial charge in [-0.1, -0.05) is 0 Å². The summed E-state index contributed by atoms with van der Waals surface area (Å²) in [4.78, 5) is 26.7. The molecule has 32 heavy (non-hydrogen) atoms. The van der Waals surface area contributed by atoms with E-state index in [2.05, 4.69) is 15.0 Å². The average Bonchev–Trinajstić information content (AvgIpc) is 3.22. The van der Waals surface area contributed by atoms with Gasteiger partial charge < -0.3 is 25.5 Å². The number of aromatic nitrogens is 5. The molecular weight excluding hydrogens is 412 g/mol. The molecule has 1 saturated heterocycles. The first-order valence-corrected chi connectivity index (χ1v) is 10.3. The molecule has 166 valence electrons. The molecule has 1 amide bonds. The summed E-state index contributed by atoms with van der Waals surface area (Å²) in [6.07, 6.45) is 1.13. The van der Waals surface area contributed by atoms with Crippen LogP contribution < -0.4 is 11.5 Å². The number of carbonyl (C=O) groups excluding carboxylic acids is 1. The molecule has 0 bridgehead atoms. The maximum atomic E-state index is 12.2. The lowest BCUT2D eigenvalue weighted by molar-refractivity contribution is -0.00365. The molecule has 11 heteroatoms. The molecule has 0 unspecified atom stereocenters. The number of benzene rings is 1. The third kappa shape index (κ3) is 3.55. The largest absolute Gasteiger partial charge is 0.444 e. The number of oxazole rings is 1. The van der Waals surface area contributed by atoms with Gasteiger partial charge >= 0.3 is 6.09 Å². The molecule has 1 aliphatic rings. The number of carbonyl (C=O) groups is 1. The van der Waals surface area contributed by atoms with Gasteiger partial charge in [-0.05, 0) is 39.0 Å². The van der Waals surface area contributed by atoms with Gasteiger partial charge in [-0.15, -0.1) is 0 Å². The zero-order chi connectivity index (χ0) is 22.6. The van der Waals surface area contributed by atoms with Crippen molar-refractivity contribution in [2.45, 2.75) is 32.9 Å². The van der Waals surface area contributed by atoms with Crippen LogP contribution in [0.4, 0.5) is 16.6 Å². The molecule has 3 aromatic heterocycles. The van der Waals surface area contributed by atoms with Gasteiger partial charge in [-0.2, -0.15) is 10.1 Å². The summed E-state index contributed by atoms with van der Waals surface area (Å²) in [7, 11) is 0. The van der Waals surface area contributed by atoms with Crippen LogP contribution in [0.5, 0.6) is 0 Å². The Morgan fingerprint density at radius 2 is 2.03 bits per heavy atom. The molecule has 4 aromatic rings. The zero-order valence-electron chi connectivity index (χ0n) is 18.1. The van der Waals surface area contributed by atoms with Crippen LogP contribution in [0, 0.1) is 5.92 Å². The van der Waals surface area contributed by atoms with Crippen LogP contribution in [0.3, 0.4) is 0 Å². The van der Waals surface area contributed by atoms with Gasteiger partial charge in [-0.25, -0.2) is 19.4 Å². The molecule has 0 saturated carbocycles. The van der Waals surface area contributed by atoms with Crippen LogP contribution in [0.2, 0.25) is 0 Å².